The van der Waals surface area contributed by atoms with Crippen LogP contribution >= 0.6 is 0 Å². The standard InChI is InChI=1S/C13H18N2O/c14-11-1-4-13-10(6-11)5-9(8-16-13)7-15-12-2-3-12/h1,4,6,9,12,15H,2-3,5,7-8,14H2. The van der Waals surface area contributed by atoms with E-state index in [9.17, 15) is 0 Å². The molecule has 1 fully saturated rings. The van der Waals surface area contributed by atoms with Crippen LogP contribution in [0.3, 0.4) is 0 Å². The zero-order chi connectivity index (χ0) is 11.0. The highest BCUT2D eigenvalue weighted by atomic mass is 16.5. The molecule has 86 valence electrons. The monoisotopic (exact) mass is 218 g/mol. The first kappa shape index (κ1) is 9.97. The Labute approximate surface area is 96.0 Å². The summed E-state index contributed by atoms with van der Waals surface area (Å²) in [5.74, 6) is 1.60. The van der Waals surface area contributed by atoms with E-state index in [2.05, 4.69) is 5.32 Å². The van der Waals surface area contributed by atoms with Gasteiger partial charge in [0.1, 0.15) is 5.75 Å². The minimum atomic E-state index is 0.592. The van der Waals surface area contributed by atoms with Gasteiger partial charge >= 0.3 is 0 Å². The van der Waals surface area contributed by atoms with Crippen molar-refractivity contribution in [2.24, 2.45) is 5.92 Å². The van der Waals surface area contributed by atoms with Gasteiger partial charge in [0.05, 0.1) is 6.61 Å². The van der Waals surface area contributed by atoms with E-state index in [0.29, 0.717) is 5.92 Å². The zero-order valence-electron chi connectivity index (χ0n) is 9.41. The molecule has 2 aliphatic rings. The number of rotatable bonds is 3. The van der Waals surface area contributed by atoms with Gasteiger partial charge in [-0.1, -0.05) is 0 Å². The Kier molecular flexibility index (Phi) is 2.48. The van der Waals surface area contributed by atoms with E-state index in [0.717, 1.165) is 37.1 Å². The Morgan fingerprint density at radius 1 is 1.38 bits per heavy atom. The molecule has 1 heterocycles. The van der Waals surface area contributed by atoms with E-state index in [1.54, 1.807) is 0 Å². The van der Waals surface area contributed by atoms with E-state index >= 15 is 0 Å². The summed E-state index contributed by atoms with van der Waals surface area (Å²) in [5.41, 5.74) is 7.88. The van der Waals surface area contributed by atoms with Gasteiger partial charge in [-0.3, -0.25) is 0 Å². The number of hydrogen-bond donors (Lipinski definition) is 2. The van der Waals surface area contributed by atoms with E-state index in [1.807, 2.05) is 18.2 Å². The molecule has 3 N–H and O–H groups in total. The van der Waals surface area contributed by atoms with Gasteiger partial charge in [0, 0.05) is 24.2 Å². The Bertz CT molecular complexity index is 388. The number of anilines is 1. The van der Waals surface area contributed by atoms with Crippen molar-refractivity contribution >= 4 is 5.69 Å². The molecule has 1 atom stereocenters. The summed E-state index contributed by atoms with van der Waals surface area (Å²) in [4.78, 5) is 0. The molecule has 1 unspecified atom stereocenters. The molecular formula is C13H18N2O. The Hall–Kier alpha value is -1.22. The fraction of sp³-hybridized carbons (Fsp3) is 0.538. The third-order valence-electron chi connectivity index (χ3n) is 3.34. The first-order valence-corrected chi connectivity index (χ1v) is 6.06. The van der Waals surface area contributed by atoms with Crippen LogP contribution in [0.4, 0.5) is 5.69 Å². The van der Waals surface area contributed by atoms with Gasteiger partial charge in [0.25, 0.3) is 0 Å². The molecular weight excluding hydrogens is 200 g/mol. The predicted molar refractivity (Wildman–Crippen MR) is 64.6 cm³/mol. The molecule has 1 aromatic rings. The maximum Gasteiger partial charge on any atom is 0.122 e. The maximum absolute atomic E-state index is 5.79. The number of nitrogens with two attached hydrogens (primary N) is 1. The summed E-state index contributed by atoms with van der Waals surface area (Å²) in [6.45, 7) is 1.90. The van der Waals surface area contributed by atoms with Crippen LogP contribution < -0.4 is 15.8 Å². The van der Waals surface area contributed by atoms with Crippen molar-refractivity contribution in [1.29, 1.82) is 0 Å². The van der Waals surface area contributed by atoms with Crippen LogP contribution in [0.15, 0.2) is 18.2 Å². The smallest absolute Gasteiger partial charge is 0.122 e. The van der Waals surface area contributed by atoms with Crippen molar-refractivity contribution in [1.82, 2.24) is 5.32 Å². The second kappa shape index (κ2) is 3.98. The lowest BCUT2D eigenvalue weighted by Crippen LogP contribution is -2.32. The predicted octanol–water partition coefficient (Wildman–Crippen LogP) is 1.57. The van der Waals surface area contributed by atoms with Crippen LogP contribution in [0.2, 0.25) is 0 Å². The van der Waals surface area contributed by atoms with Crippen molar-refractivity contribution in [2.45, 2.75) is 25.3 Å². The topological polar surface area (TPSA) is 47.3 Å². The number of nitrogen functional groups attached to an aromatic ring is 1. The summed E-state index contributed by atoms with van der Waals surface area (Å²) in [5, 5.41) is 3.56. The van der Waals surface area contributed by atoms with Gasteiger partial charge in [0.15, 0.2) is 0 Å². The highest BCUT2D eigenvalue weighted by Crippen LogP contribution is 2.29. The number of fused-ring (bicyclic) bond motifs is 1. The van der Waals surface area contributed by atoms with Gasteiger partial charge in [-0.2, -0.15) is 0 Å². The Morgan fingerprint density at radius 2 is 2.25 bits per heavy atom. The molecule has 0 saturated heterocycles. The van der Waals surface area contributed by atoms with Crippen LogP contribution in [-0.4, -0.2) is 19.2 Å². The minimum Gasteiger partial charge on any atom is -0.493 e. The third-order valence-corrected chi connectivity index (χ3v) is 3.34. The number of benzene rings is 1. The normalized spacial score (nSPS) is 23.6. The fourth-order valence-corrected chi connectivity index (χ4v) is 2.23. The lowest BCUT2D eigenvalue weighted by Gasteiger charge is -2.25. The Morgan fingerprint density at radius 3 is 3.06 bits per heavy atom. The molecule has 1 saturated carbocycles. The molecule has 1 aliphatic heterocycles. The minimum absolute atomic E-state index is 0.592. The van der Waals surface area contributed by atoms with Gasteiger partial charge < -0.3 is 15.8 Å². The SMILES string of the molecule is Nc1ccc2c(c1)CC(CNC1CC1)CO2. The van der Waals surface area contributed by atoms with Crippen LogP contribution in [-0.2, 0) is 6.42 Å². The average Bonchev–Trinajstić information content (AvgIpc) is 3.09. The lowest BCUT2D eigenvalue weighted by atomic mass is 9.96. The van der Waals surface area contributed by atoms with Crippen molar-refractivity contribution in [3.8, 4) is 5.75 Å². The highest BCUT2D eigenvalue weighted by Gasteiger charge is 2.24. The Balaban J connectivity index is 1.64. The van der Waals surface area contributed by atoms with Crippen LogP contribution in [0, 0.1) is 5.92 Å². The van der Waals surface area contributed by atoms with Crippen molar-refractivity contribution in [2.75, 3.05) is 18.9 Å². The first-order chi connectivity index (χ1) is 7.81. The van der Waals surface area contributed by atoms with E-state index in [-0.39, 0.29) is 0 Å². The zero-order valence-corrected chi connectivity index (χ0v) is 9.41. The molecule has 0 aromatic heterocycles. The molecule has 0 radical (unpaired) electrons. The van der Waals surface area contributed by atoms with Gasteiger partial charge in [0.2, 0.25) is 0 Å². The van der Waals surface area contributed by atoms with Gasteiger partial charge in [-0.15, -0.1) is 0 Å². The van der Waals surface area contributed by atoms with E-state index in [4.69, 9.17) is 10.5 Å². The maximum atomic E-state index is 5.79. The summed E-state index contributed by atoms with van der Waals surface area (Å²) < 4.78 is 5.75. The summed E-state index contributed by atoms with van der Waals surface area (Å²) >= 11 is 0. The molecule has 16 heavy (non-hydrogen) atoms. The van der Waals surface area contributed by atoms with Crippen molar-refractivity contribution < 1.29 is 4.74 Å². The fourth-order valence-electron chi connectivity index (χ4n) is 2.23. The molecule has 3 heteroatoms. The van der Waals surface area contributed by atoms with Crippen molar-refractivity contribution in [3.05, 3.63) is 23.8 Å². The highest BCUT2D eigenvalue weighted by molar-refractivity contribution is 5.48. The number of hydrogen-bond acceptors (Lipinski definition) is 3. The first-order valence-electron chi connectivity index (χ1n) is 6.06. The summed E-state index contributed by atoms with van der Waals surface area (Å²) in [7, 11) is 0. The molecule has 3 nitrogen and oxygen atoms in total. The van der Waals surface area contributed by atoms with Crippen LogP contribution in [0.5, 0.6) is 5.75 Å². The van der Waals surface area contributed by atoms with Gasteiger partial charge in [-0.05, 0) is 43.0 Å². The van der Waals surface area contributed by atoms with Crippen molar-refractivity contribution in [3.63, 3.8) is 0 Å². The number of nitrogens with one attached hydrogen (secondary N) is 1. The summed E-state index contributed by atoms with van der Waals surface area (Å²) in [6.07, 6.45) is 3.77. The van der Waals surface area contributed by atoms with Crippen LogP contribution in [0.1, 0.15) is 18.4 Å². The third kappa shape index (κ3) is 2.14. The second-order valence-corrected chi connectivity index (χ2v) is 4.93. The number of ether oxygens (including phenoxy) is 1. The molecule has 1 aromatic carbocycles. The lowest BCUT2D eigenvalue weighted by molar-refractivity contribution is 0.218. The van der Waals surface area contributed by atoms with E-state index < -0.39 is 0 Å². The summed E-state index contributed by atoms with van der Waals surface area (Å²) in [6, 6.07) is 6.71. The quantitative estimate of drug-likeness (QED) is 0.757. The van der Waals surface area contributed by atoms with E-state index in [1.165, 1.54) is 18.4 Å². The van der Waals surface area contributed by atoms with Gasteiger partial charge in [-0.25, -0.2) is 0 Å². The second-order valence-electron chi connectivity index (χ2n) is 4.93. The molecule has 0 amide bonds. The average molecular weight is 218 g/mol. The molecule has 1 aliphatic carbocycles. The van der Waals surface area contributed by atoms with Crippen LogP contribution in [0.25, 0.3) is 0 Å². The molecule has 0 bridgehead atoms. The molecule has 3 rings (SSSR count). The molecule has 0 spiro atoms. The largest absolute Gasteiger partial charge is 0.493 e.